The summed E-state index contributed by atoms with van der Waals surface area (Å²) in [5.74, 6) is -0.235. The summed E-state index contributed by atoms with van der Waals surface area (Å²) in [6.45, 7) is 1.82. The third kappa shape index (κ3) is 3.81. The van der Waals surface area contributed by atoms with Crippen LogP contribution < -0.4 is 5.32 Å². The Kier molecular flexibility index (Phi) is 5.24. The van der Waals surface area contributed by atoms with Crippen LogP contribution in [-0.4, -0.2) is 24.4 Å². The number of carbonyl (C=O) groups excluding carboxylic acids is 1. The molecule has 0 aromatic heterocycles. The molecule has 24 heavy (non-hydrogen) atoms. The normalized spacial score (nSPS) is 14.6. The molecule has 1 aliphatic rings. The van der Waals surface area contributed by atoms with Crippen LogP contribution in [-0.2, 0) is 17.8 Å². The van der Waals surface area contributed by atoms with Gasteiger partial charge in [-0.3, -0.25) is 4.79 Å². The number of hydrogen-bond acceptors (Lipinski definition) is 2. The molecule has 0 fully saturated rings. The predicted molar refractivity (Wildman–Crippen MR) is 101 cm³/mol. The molecule has 0 unspecified atom stereocenters. The number of anilines is 1. The van der Waals surface area contributed by atoms with Gasteiger partial charge >= 0.3 is 0 Å². The van der Waals surface area contributed by atoms with Crippen LogP contribution in [0.25, 0.3) is 6.08 Å². The highest BCUT2D eigenvalue weighted by Crippen LogP contribution is 2.32. The number of nitrogens with zero attached hydrogens (tertiary/aromatic N) is 1. The number of amides is 1. The summed E-state index contributed by atoms with van der Waals surface area (Å²) in [7, 11) is 2.07. The minimum atomic E-state index is -0.235. The van der Waals surface area contributed by atoms with Crippen molar-refractivity contribution in [1.29, 1.82) is 0 Å². The fourth-order valence-corrected chi connectivity index (χ4v) is 3.26. The topological polar surface area (TPSA) is 32.3 Å². The van der Waals surface area contributed by atoms with Crippen molar-refractivity contribution in [1.82, 2.24) is 4.90 Å². The second-order valence-corrected chi connectivity index (χ2v) is 6.68. The molecule has 0 atom stereocenters. The van der Waals surface area contributed by atoms with Gasteiger partial charge in [-0.15, -0.1) is 0 Å². The van der Waals surface area contributed by atoms with Crippen LogP contribution in [0.2, 0.25) is 10.0 Å². The first-order valence-electron chi connectivity index (χ1n) is 7.77. The fraction of sp³-hybridized carbons (Fsp3) is 0.211. The third-order valence-corrected chi connectivity index (χ3v) is 4.88. The average molecular weight is 361 g/mol. The van der Waals surface area contributed by atoms with Crippen LogP contribution >= 0.6 is 23.2 Å². The lowest BCUT2D eigenvalue weighted by Crippen LogP contribution is -2.27. The molecular weight excluding hydrogens is 343 g/mol. The molecule has 1 heterocycles. The monoisotopic (exact) mass is 360 g/mol. The number of fused-ring (bicyclic) bond motifs is 1. The van der Waals surface area contributed by atoms with E-state index in [0.29, 0.717) is 15.7 Å². The first kappa shape index (κ1) is 17.0. The lowest BCUT2D eigenvalue weighted by molar-refractivity contribution is -0.111. The number of rotatable bonds is 3. The molecule has 0 aliphatic carbocycles. The van der Waals surface area contributed by atoms with E-state index >= 15 is 0 Å². The summed E-state index contributed by atoms with van der Waals surface area (Å²) in [6, 6.07) is 11.3. The molecule has 0 radical (unpaired) electrons. The van der Waals surface area contributed by atoms with Gasteiger partial charge in [0.2, 0.25) is 5.91 Å². The Labute approximate surface area is 151 Å². The van der Waals surface area contributed by atoms with Crippen molar-refractivity contribution in [3.05, 3.63) is 69.2 Å². The van der Waals surface area contributed by atoms with Crippen molar-refractivity contribution < 1.29 is 4.79 Å². The Hall–Kier alpha value is -1.81. The first-order chi connectivity index (χ1) is 11.5. The van der Waals surface area contributed by atoms with Crippen LogP contribution in [0, 0.1) is 0 Å². The lowest BCUT2D eigenvalue weighted by Gasteiger charge is -2.26. The van der Waals surface area contributed by atoms with Gasteiger partial charge in [0.15, 0.2) is 0 Å². The Bertz CT molecular complexity index is 802. The van der Waals surface area contributed by atoms with Gasteiger partial charge in [-0.25, -0.2) is 0 Å². The molecule has 0 saturated heterocycles. The highest BCUT2D eigenvalue weighted by molar-refractivity contribution is 6.35. The zero-order valence-electron chi connectivity index (χ0n) is 13.4. The third-order valence-electron chi connectivity index (χ3n) is 4.11. The maximum atomic E-state index is 12.2. The highest BCUT2D eigenvalue weighted by atomic mass is 35.5. The van der Waals surface area contributed by atoms with Gasteiger partial charge in [0, 0.05) is 24.2 Å². The number of hydrogen-bond donors (Lipinski definition) is 1. The Balaban J connectivity index is 1.75. The Morgan fingerprint density at radius 2 is 2.00 bits per heavy atom. The molecule has 2 aromatic rings. The molecule has 0 saturated carbocycles. The highest BCUT2D eigenvalue weighted by Gasteiger charge is 2.18. The molecule has 1 N–H and O–H groups in total. The second-order valence-electron chi connectivity index (χ2n) is 5.90. The van der Waals surface area contributed by atoms with E-state index in [0.717, 1.165) is 30.6 Å². The summed E-state index contributed by atoms with van der Waals surface area (Å²) in [4.78, 5) is 14.4. The summed E-state index contributed by atoms with van der Waals surface area (Å²) in [5.41, 5.74) is 3.79. The number of carbonyl (C=O) groups is 1. The molecule has 1 amide bonds. The van der Waals surface area contributed by atoms with Crippen molar-refractivity contribution in [2.45, 2.75) is 13.0 Å². The molecular formula is C19H18Cl2N2O. The molecule has 1 aliphatic heterocycles. The molecule has 0 bridgehead atoms. The maximum Gasteiger partial charge on any atom is 0.248 e. The van der Waals surface area contributed by atoms with Crippen molar-refractivity contribution >= 4 is 40.9 Å². The molecule has 3 rings (SSSR count). The van der Waals surface area contributed by atoms with Gasteiger partial charge in [-0.05, 0) is 48.4 Å². The zero-order valence-corrected chi connectivity index (χ0v) is 14.9. The Morgan fingerprint density at radius 1 is 1.21 bits per heavy atom. The smallest absolute Gasteiger partial charge is 0.248 e. The number of halogens is 2. The lowest BCUT2D eigenvalue weighted by atomic mass is 9.99. The van der Waals surface area contributed by atoms with Gasteiger partial charge in [0.25, 0.3) is 0 Å². The minimum Gasteiger partial charge on any atom is -0.321 e. The van der Waals surface area contributed by atoms with E-state index in [2.05, 4.69) is 17.3 Å². The second kappa shape index (κ2) is 7.39. The van der Waals surface area contributed by atoms with E-state index in [1.54, 1.807) is 12.1 Å². The van der Waals surface area contributed by atoms with Gasteiger partial charge < -0.3 is 10.2 Å². The average Bonchev–Trinajstić information content (AvgIpc) is 2.57. The van der Waals surface area contributed by atoms with Crippen LogP contribution in [0.5, 0.6) is 0 Å². The number of benzene rings is 2. The van der Waals surface area contributed by atoms with Crippen molar-refractivity contribution in [3.8, 4) is 0 Å². The van der Waals surface area contributed by atoms with E-state index < -0.39 is 0 Å². The largest absolute Gasteiger partial charge is 0.321 e. The van der Waals surface area contributed by atoms with Crippen LogP contribution in [0.4, 0.5) is 5.69 Å². The summed E-state index contributed by atoms with van der Waals surface area (Å²) in [5, 5.41) is 4.08. The van der Waals surface area contributed by atoms with Crippen molar-refractivity contribution in [2.75, 3.05) is 18.9 Å². The van der Waals surface area contributed by atoms with Gasteiger partial charge in [0.1, 0.15) is 0 Å². The van der Waals surface area contributed by atoms with E-state index in [1.807, 2.05) is 30.3 Å². The number of nitrogens with one attached hydrogen (secondary N) is 1. The minimum absolute atomic E-state index is 0.235. The summed E-state index contributed by atoms with van der Waals surface area (Å²) >= 11 is 12.6. The summed E-state index contributed by atoms with van der Waals surface area (Å²) < 4.78 is 0. The van der Waals surface area contributed by atoms with E-state index in [-0.39, 0.29) is 5.91 Å². The number of likely N-dealkylation sites (N-methyl/N-ethyl adjacent to an activating group) is 1. The van der Waals surface area contributed by atoms with Gasteiger partial charge in [-0.1, -0.05) is 47.5 Å². The van der Waals surface area contributed by atoms with Crippen LogP contribution in [0.15, 0.2) is 42.5 Å². The standard InChI is InChI=1S/C19H18Cl2N2O/c1-23-11-10-13-6-8-17(19(21)15(13)12-23)22-18(24)9-7-14-4-2-3-5-16(14)20/h2-9H,10-12H2,1H3,(H,22,24). The fourth-order valence-electron chi connectivity index (χ4n) is 2.77. The molecule has 3 nitrogen and oxygen atoms in total. The molecule has 124 valence electrons. The summed E-state index contributed by atoms with van der Waals surface area (Å²) in [6.07, 6.45) is 4.13. The molecule has 0 spiro atoms. The zero-order chi connectivity index (χ0) is 17.1. The molecule has 2 aromatic carbocycles. The Morgan fingerprint density at radius 3 is 2.79 bits per heavy atom. The van der Waals surface area contributed by atoms with Crippen molar-refractivity contribution in [3.63, 3.8) is 0 Å². The van der Waals surface area contributed by atoms with Crippen LogP contribution in [0.3, 0.4) is 0 Å². The molecule has 5 heteroatoms. The SMILES string of the molecule is CN1CCc2ccc(NC(=O)C=Cc3ccccc3Cl)c(Cl)c2C1. The van der Waals surface area contributed by atoms with Crippen molar-refractivity contribution in [2.24, 2.45) is 0 Å². The quantitative estimate of drug-likeness (QED) is 0.809. The first-order valence-corrected chi connectivity index (χ1v) is 8.52. The van der Waals surface area contributed by atoms with Gasteiger partial charge in [-0.2, -0.15) is 0 Å². The van der Waals surface area contributed by atoms with Gasteiger partial charge in [0.05, 0.1) is 10.7 Å². The predicted octanol–water partition coefficient (Wildman–Crippen LogP) is 4.63. The maximum absolute atomic E-state index is 12.2. The van der Waals surface area contributed by atoms with E-state index in [1.165, 1.54) is 11.6 Å². The van der Waals surface area contributed by atoms with E-state index in [4.69, 9.17) is 23.2 Å². The van der Waals surface area contributed by atoms with Crippen LogP contribution in [0.1, 0.15) is 16.7 Å². The van der Waals surface area contributed by atoms with E-state index in [9.17, 15) is 4.79 Å².